The molecule has 1 aromatic carbocycles. The molecule has 0 atom stereocenters. The Kier molecular flexibility index (Phi) is 8.52. The largest absolute Gasteiger partial charge is 0.494 e. The molecule has 2 heterocycles. The highest BCUT2D eigenvalue weighted by molar-refractivity contribution is 7.22. The average Bonchev–Trinajstić information content (AvgIpc) is 3.30. The fraction of sp³-hybridized carbons (Fsp3) is 0.368. The van der Waals surface area contributed by atoms with Crippen molar-refractivity contribution in [3.63, 3.8) is 0 Å². The quantitative estimate of drug-likeness (QED) is 0.450. The number of carbonyl (C=O) groups is 1. The van der Waals surface area contributed by atoms with Gasteiger partial charge in [0.05, 0.1) is 21.0 Å². The lowest BCUT2D eigenvalue weighted by molar-refractivity contribution is 0.0987. The lowest BCUT2D eigenvalue weighted by atomic mass is 10.3. The van der Waals surface area contributed by atoms with E-state index in [1.54, 1.807) is 24.1 Å². The minimum atomic E-state index is -0.0721. The maximum atomic E-state index is 13.2. The zero-order chi connectivity index (χ0) is 19.4. The average molecular weight is 460 g/mol. The highest BCUT2D eigenvalue weighted by Gasteiger charge is 2.23. The van der Waals surface area contributed by atoms with Crippen molar-refractivity contribution < 1.29 is 9.53 Å². The Morgan fingerprint density at radius 1 is 1.14 bits per heavy atom. The maximum Gasteiger partial charge on any atom is 0.270 e. The van der Waals surface area contributed by atoms with Crippen LogP contribution in [0, 0.1) is 0 Å². The molecule has 0 saturated carbocycles. The monoisotopic (exact) mass is 459 g/mol. The van der Waals surface area contributed by atoms with E-state index in [9.17, 15) is 4.79 Å². The molecular weight excluding hydrogens is 437 g/mol. The Labute approximate surface area is 184 Å². The predicted molar refractivity (Wildman–Crippen MR) is 122 cm³/mol. The topological polar surface area (TPSA) is 45.7 Å². The van der Waals surface area contributed by atoms with E-state index in [0.717, 1.165) is 29.9 Å². The van der Waals surface area contributed by atoms with Gasteiger partial charge in [0.15, 0.2) is 5.13 Å². The Hall–Kier alpha value is -1.38. The van der Waals surface area contributed by atoms with Crippen molar-refractivity contribution in [2.45, 2.75) is 13.8 Å². The van der Waals surface area contributed by atoms with Crippen molar-refractivity contribution in [2.75, 3.05) is 38.2 Å². The lowest BCUT2D eigenvalue weighted by Crippen LogP contribution is -2.38. The number of hydrogen-bond donors (Lipinski definition) is 0. The summed E-state index contributed by atoms with van der Waals surface area (Å²) >= 11 is 8.83. The first-order chi connectivity index (χ1) is 13.1. The standard InChI is InChI=1S/C19H22ClN3O2S2.ClH/c1-4-22(5-2)11-12-23(18(24)15-9-10-16(20)26-15)19-21-17-13(25-3)7-6-8-14(17)27-19;/h6-10H,4-5,11-12H2,1-3H3;1H. The number of para-hydroxylation sites is 1. The summed E-state index contributed by atoms with van der Waals surface area (Å²) in [6.07, 6.45) is 0. The summed E-state index contributed by atoms with van der Waals surface area (Å²) in [7, 11) is 1.63. The number of nitrogens with zero attached hydrogens (tertiary/aromatic N) is 3. The summed E-state index contributed by atoms with van der Waals surface area (Å²) < 4.78 is 7.02. The third kappa shape index (κ3) is 4.96. The fourth-order valence-electron chi connectivity index (χ4n) is 2.82. The molecule has 2 aromatic heterocycles. The van der Waals surface area contributed by atoms with E-state index in [4.69, 9.17) is 21.3 Å². The van der Waals surface area contributed by atoms with E-state index in [0.29, 0.717) is 26.6 Å². The molecule has 0 radical (unpaired) electrons. The molecule has 28 heavy (non-hydrogen) atoms. The number of aromatic nitrogens is 1. The normalized spacial score (nSPS) is 10.9. The number of carbonyl (C=O) groups excluding carboxylic acids is 1. The number of amides is 1. The van der Waals surface area contributed by atoms with Gasteiger partial charge in [0.25, 0.3) is 5.91 Å². The van der Waals surface area contributed by atoms with Gasteiger partial charge in [-0.3, -0.25) is 9.69 Å². The van der Waals surface area contributed by atoms with Crippen molar-refractivity contribution in [1.29, 1.82) is 0 Å². The van der Waals surface area contributed by atoms with Crippen LogP contribution in [0.4, 0.5) is 5.13 Å². The van der Waals surface area contributed by atoms with Crippen molar-refractivity contribution in [3.8, 4) is 5.75 Å². The van der Waals surface area contributed by atoms with Crippen LogP contribution in [0.3, 0.4) is 0 Å². The van der Waals surface area contributed by atoms with Gasteiger partial charge in [-0.1, -0.05) is 42.9 Å². The molecule has 0 fully saturated rings. The number of ether oxygens (including phenoxy) is 1. The summed E-state index contributed by atoms with van der Waals surface area (Å²) in [6.45, 7) is 7.48. The molecule has 0 unspecified atom stereocenters. The number of benzene rings is 1. The number of methoxy groups -OCH3 is 1. The van der Waals surface area contributed by atoms with Gasteiger partial charge >= 0.3 is 0 Å². The van der Waals surface area contributed by atoms with Crippen molar-refractivity contribution >= 4 is 67.9 Å². The zero-order valence-corrected chi connectivity index (χ0v) is 19.2. The number of halogens is 2. The molecule has 0 aliphatic heterocycles. The van der Waals surface area contributed by atoms with Gasteiger partial charge in [-0.05, 0) is 37.4 Å². The van der Waals surface area contributed by atoms with Crippen LogP contribution in [0.1, 0.15) is 23.5 Å². The van der Waals surface area contributed by atoms with Crippen LogP contribution < -0.4 is 9.64 Å². The van der Waals surface area contributed by atoms with Gasteiger partial charge in [-0.2, -0.15) is 0 Å². The Morgan fingerprint density at radius 2 is 1.89 bits per heavy atom. The smallest absolute Gasteiger partial charge is 0.270 e. The molecule has 0 bridgehead atoms. The molecule has 0 spiro atoms. The number of anilines is 1. The van der Waals surface area contributed by atoms with Crippen LogP contribution >= 0.6 is 46.7 Å². The van der Waals surface area contributed by atoms with Crippen LogP contribution in [0.15, 0.2) is 30.3 Å². The van der Waals surface area contributed by atoms with Crippen molar-refractivity contribution in [3.05, 3.63) is 39.5 Å². The highest BCUT2D eigenvalue weighted by Crippen LogP contribution is 2.35. The molecule has 3 aromatic rings. The summed E-state index contributed by atoms with van der Waals surface area (Å²) in [5.74, 6) is 0.641. The molecule has 0 N–H and O–H groups in total. The van der Waals surface area contributed by atoms with Crippen LogP contribution in [0.5, 0.6) is 5.75 Å². The third-order valence-electron chi connectivity index (χ3n) is 4.38. The minimum absolute atomic E-state index is 0. The van der Waals surface area contributed by atoms with Crippen LogP contribution in [-0.2, 0) is 0 Å². The van der Waals surface area contributed by atoms with E-state index in [1.807, 2.05) is 18.2 Å². The molecule has 0 aliphatic rings. The number of fused-ring (bicyclic) bond motifs is 1. The predicted octanol–water partition coefficient (Wildman–Crippen LogP) is 5.43. The first-order valence-electron chi connectivity index (χ1n) is 8.80. The SMILES string of the molecule is CCN(CC)CCN(C(=O)c1ccc(Cl)s1)c1nc2c(OC)cccc2s1.Cl. The number of thiophene rings is 1. The minimum Gasteiger partial charge on any atom is -0.494 e. The molecule has 3 rings (SSSR count). The van der Waals surface area contributed by atoms with Gasteiger partial charge in [0, 0.05) is 13.1 Å². The van der Waals surface area contributed by atoms with Gasteiger partial charge in [0.1, 0.15) is 11.3 Å². The molecule has 0 saturated heterocycles. The molecule has 5 nitrogen and oxygen atoms in total. The molecule has 1 amide bonds. The van der Waals surface area contributed by atoms with Gasteiger partial charge in [0.2, 0.25) is 0 Å². The van der Waals surface area contributed by atoms with E-state index >= 15 is 0 Å². The molecule has 0 aliphatic carbocycles. The van der Waals surface area contributed by atoms with Crippen LogP contribution in [-0.4, -0.2) is 49.1 Å². The second-order valence-electron chi connectivity index (χ2n) is 5.89. The summed E-state index contributed by atoms with van der Waals surface area (Å²) in [6, 6.07) is 9.34. The molecule has 152 valence electrons. The molecular formula is C19H23Cl2N3O2S2. The van der Waals surface area contributed by atoms with E-state index < -0.39 is 0 Å². The highest BCUT2D eigenvalue weighted by atomic mass is 35.5. The number of hydrogen-bond acceptors (Lipinski definition) is 6. The summed E-state index contributed by atoms with van der Waals surface area (Å²) in [4.78, 5) is 22.6. The maximum absolute atomic E-state index is 13.2. The van der Waals surface area contributed by atoms with Crippen molar-refractivity contribution in [1.82, 2.24) is 9.88 Å². The first kappa shape index (κ1) is 22.9. The fourth-order valence-corrected chi connectivity index (χ4v) is 4.82. The number of thiazole rings is 1. The van der Waals surface area contributed by atoms with Gasteiger partial charge in [-0.25, -0.2) is 4.98 Å². The Balaban J connectivity index is 0.00000280. The second kappa shape index (κ2) is 10.4. The first-order valence-corrected chi connectivity index (χ1v) is 10.8. The second-order valence-corrected chi connectivity index (χ2v) is 8.62. The zero-order valence-electron chi connectivity index (χ0n) is 16.0. The van der Waals surface area contributed by atoms with E-state index in [1.165, 1.54) is 22.7 Å². The summed E-state index contributed by atoms with van der Waals surface area (Å²) in [5.41, 5.74) is 0.782. The number of likely N-dealkylation sites (N-methyl/N-ethyl adjacent to an activating group) is 1. The van der Waals surface area contributed by atoms with Gasteiger partial charge in [-0.15, -0.1) is 23.7 Å². The van der Waals surface area contributed by atoms with Crippen LogP contribution in [0.2, 0.25) is 4.34 Å². The lowest BCUT2D eigenvalue weighted by Gasteiger charge is -2.24. The summed E-state index contributed by atoms with van der Waals surface area (Å²) in [5, 5.41) is 0.677. The van der Waals surface area contributed by atoms with E-state index in [2.05, 4.69) is 18.7 Å². The van der Waals surface area contributed by atoms with Crippen molar-refractivity contribution in [2.24, 2.45) is 0 Å². The van der Waals surface area contributed by atoms with Gasteiger partial charge < -0.3 is 9.64 Å². The Morgan fingerprint density at radius 3 is 2.50 bits per heavy atom. The molecule has 9 heteroatoms. The Bertz CT molecular complexity index is 925. The van der Waals surface area contributed by atoms with Crippen LogP contribution in [0.25, 0.3) is 10.2 Å². The van der Waals surface area contributed by atoms with E-state index in [-0.39, 0.29) is 18.3 Å². The number of rotatable bonds is 8. The third-order valence-corrected chi connectivity index (χ3v) is 6.65.